The van der Waals surface area contributed by atoms with Gasteiger partial charge < -0.3 is 42.6 Å². The quantitative estimate of drug-likeness (QED) is 0.120. The van der Waals surface area contributed by atoms with E-state index in [1.54, 1.807) is 6.26 Å². The number of nitrogens with one attached hydrogen (secondary N) is 4. The van der Waals surface area contributed by atoms with Crippen molar-refractivity contribution in [3.8, 4) is 0 Å². The van der Waals surface area contributed by atoms with Crippen LogP contribution in [-0.2, 0) is 30.4 Å². The fourth-order valence-corrected chi connectivity index (χ4v) is 3.23. The van der Waals surface area contributed by atoms with Crippen LogP contribution in [-0.4, -0.2) is 92.1 Å². The number of amides is 4. The number of primary amides is 1. The predicted molar refractivity (Wildman–Crippen MR) is 122 cm³/mol. The molecule has 1 heterocycles. The summed E-state index contributed by atoms with van der Waals surface area (Å²) in [5, 5.41) is 25.9. The minimum Gasteiger partial charge on any atom is -0.480 e. The summed E-state index contributed by atoms with van der Waals surface area (Å²) >= 11 is 1.38. The number of carboxylic acid groups (broad SMARTS) is 1. The lowest BCUT2D eigenvalue weighted by atomic mass is 10.1. The highest BCUT2D eigenvalue weighted by Gasteiger charge is 2.32. The molecule has 1 rings (SSSR count). The number of carbonyl (C=O) groups is 5. The molecule has 34 heavy (non-hydrogen) atoms. The van der Waals surface area contributed by atoms with Gasteiger partial charge in [-0.2, -0.15) is 11.8 Å². The Morgan fingerprint density at radius 2 is 1.68 bits per heavy atom. The van der Waals surface area contributed by atoms with Crippen LogP contribution in [0.25, 0.3) is 0 Å². The number of thioether (sulfide) groups is 1. The second kappa shape index (κ2) is 14.2. The first kappa shape index (κ1) is 28.9. The fourth-order valence-electron chi connectivity index (χ4n) is 2.76. The normalized spacial score (nSPS) is 15.3. The van der Waals surface area contributed by atoms with Crippen molar-refractivity contribution in [1.29, 1.82) is 0 Å². The van der Waals surface area contributed by atoms with E-state index >= 15 is 0 Å². The Hall–Kier alpha value is -3.17. The lowest BCUT2D eigenvalue weighted by Crippen LogP contribution is -2.59. The first-order valence-corrected chi connectivity index (χ1v) is 11.7. The van der Waals surface area contributed by atoms with Crippen LogP contribution in [0.1, 0.15) is 25.5 Å². The minimum absolute atomic E-state index is 0.0828. The molecule has 0 fully saturated rings. The Balaban J connectivity index is 3.04. The number of carboxylic acids is 1. The van der Waals surface area contributed by atoms with Crippen molar-refractivity contribution in [3.63, 3.8) is 0 Å². The minimum atomic E-state index is -1.49. The van der Waals surface area contributed by atoms with Crippen molar-refractivity contribution in [1.82, 2.24) is 25.9 Å². The maximum absolute atomic E-state index is 13.0. The van der Waals surface area contributed by atoms with E-state index in [0.717, 1.165) is 0 Å². The van der Waals surface area contributed by atoms with Gasteiger partial charge in [0.25, 0.3) is 0 Å². The van der Waals surface area contributed by atoms with Crippen molar-refractivity contribution in [2.24, 2.45) is 11.5 Å². The van der Waals surface area contributed by atoms with Gasteiger partial charge in [0.2, 0.25) is 23.6 Å². The zero-order valence-corrected chi connectivity index (χ0v) is 19.6. The number of H-pyrrole nitrogens is 1. The molecular formula is C19H31N7O7S. The van der Waals surface area contributed by atoms with Crippen LogP contribution in [0, 0.1) is 0 Å². The summed E-state index contributed by atoms with van der Waals surface area (Å²) in [7, 11) is 0. The molecule has 5 atom stereocenters. The highest BCUT2D eigenvalue weighted by atomic mass is 32.2. The Bertz CT molecular complexity index is 850. The maximum Gasteiger partial charge on any atom is 0.326 e. The van der Waals surface area contributed by atoms with Crippen molar-refractivity contribution in [2.75, 3.05) is 12.0 Å². The SMILES string of the molecule is CSCCC(NC(=O)C(CC(N)=O)NC(=O)C(Cc1cnc[nH]1)NC(=O)C(N)C(C)O)C(=O)O. The molecule has 1 aromatic rings. The van der Waals surface area contributed by atoms with Crippen molar-refractivity contribution < 1.29 is 34.2 Å². The van der Waals surface area contributed by atoms with Crippen LogP contribution in [0.2, 0.25) is 0 Å². The summed E-state index contributed by atoms with van der Waals surface area (Å²) in [6.07, 6.45) is 2.78. The molecule has 10 N–H and O–H groups in total. The van der Waals surface area contributed by atoms with E-state index in [0.29, 0.717) is 11.4 Å². The molecule has 0 aliphatic heterocycles. The Kier molecular flexibility index (Phi) is 12.0. The van der Waals surface area contributed by atoms with E-state index in [2.05, 4.69) is 25.9 Å². The van der Waals surface area contributed by atoms with Gasteiger partial charge in [0, 0.05) is 18.3 Å². The summed E-state index contributed by atoms with van der Waals surface area (Å²) in [5.74, 6) is -4.35. The number of imidazole rings is 1. The Labute approximate surface area is 200 Å². The summed E-state index contributed by atoms with van der Waals surface area (Å²) in [5.41, 5.74) is 11.3. The molecule has 0 saturated heterocycles. The van der Waals surface area contributed by atoms with Crippen LogP contribution < -0.4 is 27.4 Å². The highest BCUT2D eigenvalue weighted by Crippen LogP contribution is 2.05. The van der Waals surface area contributed by atoms with Crippen LogP contribution in [0.4, 0.5) is 0 Å². The average molecular weight is 502 g/mol. The molecule has 5 unspecified atom stereocenters. The number of aliphatic hydroxyl groups excluding tert-OH is 1. The lowest BCUT2D eigenvalue weighted by molar-refractivity contribution is -0.142. The first-order valence-electron chi connectivity index (χ1n) is 10.3. The first-order chi connectivity index (χ1) is 16.0. The van der Waals surface area contributed by atoms with E-state index in [1.165, 1.54) is 31.2 Å². The zero-order chi connectivity index (χ0) is 25.8. The summed E-state index contributed by atoms with van der Waals surface area (Å²) in [6.45, 7) is 1.30. The van der Waals surface area contributed by atoms with Crippen LogP contribution >= 0.6 is 11.8 Å². The van der Waals surface area contributed by atoms with Gasteiger partial charge in [0.15, 0.2) is 0 Å². The van der Waals surface area contributed by atoms with Crippen LogP contribution in [0.5, 0.6) is 0 Å². The van der Waals surface area contributed by atoms with E-state index < -0.39 is 66.3 Å². The maximum atomic E-state index is 13.0. The molecule has 1 aromatic heterocycles. The molecule has 4 amide bonds. The number of nitrogens with two attached hydrogens (primary N) is 2. The van der Waals surface area contributed by atoms with Crippen LogP contribution in [0.15, 0.2) is 12.5 Å². The van der Waals surface area contributed by atoms with E-state index in [4.69, 9.17) is 11.5 Å². The van der Waals surface area contributed by atoms with Crippen LogP contribution in [0.3, 0.4) is 0 Å². The number of aromatic amines is 1. The number of aromatic nitrogens is 2. The largest absolute Gasteiger partial charge is 0.480 e. The molecule has 0 bridgehead atoms. The third-order valence-corrected chi connectivity index (χ3v) is 5.34. The molecule has 0 aliphatic rings. The number of hydrogen-bond donors (Lipinski definition) is 8. The summed E-state index contributed by atoms with van der Waals surface area (Å²) < 4.78 is 0. The van der Waals surface area contributed by atoms with E-state index in [-0.39, 0.29) is 12.8 Å². The number of hydrogen-bond acceptors (Lipinski definition) is 9. The number of aliphatic carboxylic acids is 1. The topological polar surface area (TPSA) is 243 Å². The van der Waals surface area contributed by atoms with Gasteiger partial charge in [-0.05, 0) is 25.4 Å². The molecule has 0 saturated carbocycles. The Morgan fingerprint density at radius 1 is 1.09 bits per heavy atom. The van der Waals surface area contributed by atoms with Crippen molar-refractivity contribution >= 4 is 41.4 Å². The second-order valence-corrected chi connectivity index (χ2v) is 8.51. The summed E-state index contributed by atoms with van der Waals surface area (Å²) in [6, 6.07) is -5.33. The summed E-state index contributed by atoms with van der Waals surface area (Å²) in [4.78, 5) is 67.5. The number of aliphatic hydroxyl groups is 1. The van der Waals surface area contributed by atoms with Crippen molar-refractivity contribution in [3.05, 3.63) is 18.2 Å². The highest BCUT2D eigenvalue weighted by molar-refractivity contribution is 7.98. The molecule has 0 aliphatic carbocycles. The van der Waals surface area contributed by atoms with Gasteiger partial charge in [0.05, 0.1) is 18.9 Å². The molecule has 0 aromatic carbocycles. The number of nitrogens with zero attached hydrogens (tertiary/aromatic N) is 1. The van der Waals surface area contributed by atoms with E-state index in [9.17, 15) is 34.2 Å². The zero-order valence-electron chi connectivity index (χ0n) is 18.8. The van der Waals surface area contributed by atoms with E-state index in [1.807, 2.05) is 0 Å². The van der Waals surface area contributed by atoms with Gasteiger partial charge >= 0.3 is 5.97 Å². The fraction of sp³-hybridized carbons (Fsp3) is 0.579. The van der Waals surface area contributed by atoms with Gasteiger partial charge in [-0.25, -0.2) is 9.78 Å². The standard InChI is InChI=1S/C19H31N7O7S/c1-9(27)15(21)18(31)26-12(5-10-7-22-8-23-10)16(29)25-13(6-14(20)28)17(30)24-11(19(32)33)3-4-34-2/h7-9,11-13,15,27H,3-6,21H2,1-2H3,(H2,20,28)(H,22,23)(H,24,30)(H,25,29)(H,26,31)(H,32,33). The smallest absolute Gasteiger partial charge is 0.326 e. The molecule has 0 radical (unpaired) electrons. The van der Waals surface area contributed by atoms with Gasteiger partial charge in [-0.15, -0.1) is 0 Å². The predicted octanol–water partition coefficient (Wildman–Crippen LogP) is -3.17. The molecule has 15 heteroatoms. The van der Waals surface area contributed by atoms with Gasteiger partial charge in [0.1, 0.15) is 24.2 Å². The van der Waals surface area contributed by atoms with Crippen molar-refractivity contribution in [2.45, 2.75) is 56.5 Å². The molecule has 0 spiro atoms. The molecule has 190 valence electrons. The second-order valence-electron chi connectivity index (χ2n) is 7.52. The monoisotopic (exact) mass is 501 g/mol. The third-order valence-electron chi connectivity index (χ3n) is 4.70. The van der Waals surface area contributed by atoms with Gasteiger partial charge in [-0.3, -0.25) is 19.2 Å². The number of rotatable bonds is 15. The third kappa shape index (κ3) is 9.76. The average Bonchev–Trinajstić information content (AvgIpc) is 3.27. The molecule has 14 nitrogen and oxygen atoms in total. The van der Waals surface area contributed by atoms with Gasteiger partial charge in [-0.1, -0.05) is 0 Å². The lowest BCUT2D eigenvalue weighted by Gasteiger charge is -2.25. The number of carbonyl (C=O) groups excluding carboxylic acids is 4. The molecular weight excluding hydrogens is 470 g/mol. The Morgan fingerprint density at radius 3 is 2.18 bits per heavy atom.